The summed E-state index contributed by atoms with van der Waals surface area (Å²) >= 11 is 0. The molecule has 22 aromatic rings. The quantitative estimate of drug-likeness (QED) is 0.167. The molecule has 6 aromatic heterocycles. The van der Waals surface area contributed by atoms with Crippen molar-refractivity contribution in [2.45, 2.75) is 19.3 Å². The Balaban J connectivity index is 0.000000107. The Hall–Kier alpha value is -13.7. The van der Waals surface area contributed by atoms with Gasteiger partial charge in [0.05, 0.1) is 11.0 Å². The van der Waals surface area contributed by atoms with Gasteiger partial charge in [0.1, 0.15) is 22.3 Å². The first-order chi connectivity index (χ1) is 53.1. The lowest BCUT2D eigenvalue weighted by Crippen LogP contribution is -2.14. The maximum absolute atomic E-state index is 6.41. The molecule has 23 rings (SSSR count). The summed E-state index contributed by atoms with van der Waals surface area (Å²) in [5.41, 5.74) is 32.5. The van der Waals surface area contributed by atoms with E-state index in [0.717, 1.165) is 66.1 Å². The number of aromatic nitrogens is 4. The second-order valence-corrected chi connectivity index (χ2v) is 29.6. The molecule has 0 saturated carbocycles. The molecule has 1 aliphatic carbocycles. The third kappa shape index (κ3) is 9.80. The highest BCUT2D eigenvalue weighted by Gasteiger charge is 2.36. The third-order valence-corrected chi connectivity index (χ3v) is 23.4. The lowest BCUT2D eigenvalue weighted by atomic mass is 9.82. The van der Waals surface area contributed by atoms with E-state index >= 15 is 0 Å². The molecule has 108 heavy (non-hydrogen) atoms. The van der Waals surface area contributed by atoms with E-state index in [1.807, 2.05) is 24.3 Å². The average molecular weight is 1390 g/mol. The van der Waals surface area contributed by atoms with E-state index < -0.39 is 0 Å². The molecule has 6 heteroatoms. The number of furan rings is 2. The minimum atomic E-state index is 0.0335. The maximum atomic E-state index is 6.41. The van der Waals surface area contributed by atoms with Gasteiger partial charge in [0.2, 0.25) is 0 Å². The normalized spacial score (nSPS) is 12.6. The minimum Gasteiger partial charge on any atom is -0.455 e. The van der Waals surface area contributed by atoms with E-state index in [9.17, 15) is 0 Å². The van der Waals surface area contributed by atoms with Crippen molar-refractivity contribution in [1.29, 1.82) is 0 Å². The predicted octanol–water partition coefficient (Wildman–Crippen LogP) is 27.5. The lowest BCUT2D eigenvalue weighted by Gasteiger charge is -2.21. The first-order valence-corrected chi connectivity index (χ1v) is 37.3. The molecule has 0 atom stereocenters. The Labute approximate surface area is 624 Å². The van der Waals surface area contributed by atoms with E-state index in [0.29, 0.717) is 0 Å². The monoisotopic (exact) mass is 1380 g/mol. The molecule has 0 saturated heterocycles. The first-order valence-electron chi connectivity index (χ1n) is 37.3. The van der Waals surface area contributed by atoms with Gasteiger partial charge in [-0.15, -0.1) is 0 Å². The number of aryl methyl sites for hydroxylation is 3. The minimum absolute atomic E-state index is 0.0335. The average Bonchev–Trinajstić information content (AvgIpc) is 1.56. The summed E-state index contributed by atoms with van der Waals surface area (Å²) in [6.07, 6.45) is 0. The van der Waals surface area contributed by atoms with Crippen LogP contribution >= 0.6 is 0 Å². The summed E-state index contributed by atoms with van der Waals surface area (Å²) in [5, 5.41) is 14.9. The van der Waals surface area contributed by atoms with Crippen LogP contribution in [0, 0.1) is 0 Å². The van der Waals surface area contributed by atoms with Crippen LogP contribution in [-0.4, -0.2) is 18.3 Å². The zero-order valence-corrected chi connectivity index (χ0v) is 60.5. The van der Waals surface area contributed by atoms with Crippen molar-refractivity contribution in [3.05, 3.63) is 357 Å². The highest BCUT2D eigenvalue weighted by molar-refractivity contribution is 6.17. The summed E-state index contributed by atoms with van der Waals surface area (Å²) in [4.78, 5) is 0. The highest BCUT2D eigenvalue weighted by atomic mass is 16.3. The molecule has 0 bridgehead atoms. The van der Waals surface area contributed by atoms with Crippen molar-refractivity contribution in [1.82, 2.24) is 18.3 Å². The molecule has 16 aromatic carbocycles. The van der Waals surface area contributed by atoms with E-state index in [-0.39, 0.29) is 5.41 Å². The van der Waals surface area contributed by atoms with Gasteiger partial charge in [-0.3, -0.25) is 0 Å². The smallest absolute Gasteiger partial charge is 0.143 e. The van der Waals surface area contributed by atoms with Crippen LogP contribution in [0.3, 0.4) is 0 Å². The van der Waals surface area contributed by atoms with Crippen LogP contribution in [0.5, 0.6) is 0 Å². The van der Waals surface area contributed by atoms with E-state index in [1.165, 1.54) is 149 Å². The third-order valence-electron chi connectivity index (χ3n) is 23.4. The van der Waals surface area contributed by atoms with Crippen LogP contribution in [0.2, 0.25) is 0 Å². The van der Waals surface area contributed by atoms with Crippen LogP contribution < -0.4 is 0 Å². The van der Waals surface area contributed by atoms with Crippen LogP contribution in [0.1, 0.15) is 25.0 Å². The Morgan fingerprint density at radius 2 is 0.565 bits per heavy atom. The molecule has 0 fully saturated rings. The van der Waals surface area contributed by atoms with Gasteiger partial charge in [-0.25, -0.2) is 0 Å². The van der Waals surface area contributed by atoms with Crippen LogP contribution in [0.4, 0.5) is 0 Å². The molecule has 0 unspecified atom stereocenters. The first kappa shape index (κ1) is 62.9. The number of hydrogen-bond donors (Lipinski definition) is 0. The zero-order chi connectivity index (χ0) is 72.0. The molecule has 0 aliphatic heterocycles. The van der Waals surface area contributed by atoms with Gasteiger partial charge in [0.15, 0.2) is 0 Å². The molecule has 6 heterocycles. The molecular weight excluding hydrogens is 1310 g/mol. The second-order valence-electron chi connectivity index (χ2n) is 29.6. The number of fused-ring (bicyclic) bond motifs is 21. The van der Waals surface area contributed by atoms with E-state index in [1.54, 1.807) is 0 Å². The number of rotatable bonds is 6. The van der Waals surface area contributed by atoms with Crippen molar-refractivity contribution < 1.29 is 8.83 Å². The Kier molecular flexibility index (Phi) is 14.2. The molecule has 512 valence electrons. The second kappa shape index (κ2) is 24.5. The van der Waals surface area contributed by atoms with Crippen molar-refractivity contribution in [2.75, 3.05) is 0 Å². The van der Waals surface area contributed by atoms with Gasteiger partial charge in [-0.1, -0.05) is 250 Å². The standard InChI is InChI=1S/C43H28N2O.C31H21NO.C28H23N/c1-44-38-21-18-27(28-19-23-41-35(24-28)32-12-5-7-16-40(32)45(41)30-10-3-2-4-11-30)25-36(38)37-26-29(20-22-39(37)44)31-14-9-15-34-33-13-6-8-17-42(33)46-43(31)34;1-32-28-11-4-2-7-24(28)27-19-22(17-18-29(27)32)20-13-15-21(16-14-20)23-9-6-10-26-25-8-3-5-12-30(25)33-31(23)26;1-28(2)24-12-8-7-11-20(24)21-16-23-22-15-19(18-9-5-4-6-10-18)13-14-26(22)29(3)27(23)17-25(21)28/h2-26H,1H3;2-19H,1H3;4-17H,1-3H3. The van der Waals surface area contributed by atoms with Gasteiger partial charge in [-0.2, -0.15) is 0 Å². The van der Waals surface area contributed by atoms with Crippen LogP contribution in [0.15, 0.2) is 355 Å². The molecular formula is C102H72N4O2. The van der Waals surface area contributed by atoms with Gasteiger partial charge in [-0.05, 0) is 176 Å². The molecule has 0 N–H and O–H groups in total. The van der Waals surface area contributed by atoms with E-state index in [4.69, 9.17) is 8.83 Å². The number of benzene rings is 16. The lowest BCUT2D eigenvalue weighted by molar-refractivity contribution is 0.661. The summed E-state index contributed by atoms with van der Waals surface area (Å²) in [7, 11) is 6.49. The highest BCUT2D eigenvalue weighted by Crippen LogP contribution is 2.51. The maximum Gasteiger partial charge on any atom is 0.143 e. The number of para-hydroxylation sites is 7. The van der Waals surface area contributed by atoms with Crippen molar-refractivity contribution in [2.24, 2.45) is 21.1 Å². The summed E-state index contributed by atoms with van der Waals surface area (Å²) in [6, 6.07) is 125. The molecule has 0 spiro atoms. The molecule has 6 nitrogen and oxygen atoms in total. The van der Waals surface area contributed by atoms with Crippen LogP contribution in [-0.2, 0) is 26.6 Å². The predicted molar refractivity (Wildman–Crippen MR) is 455 cm³/mol. The number of hydrogen-bond acceptors (Lipinski definition) is 2. The van der Waals surface area contributed by atoms with Gasteiger partial charge >= 0.3 is 0 Å². The zero-order valence-electron chi connectivity index (χ0n) is 60.5. The van der Waals surface area contributed by atoms with E-state index in [2.05, 4.69) is 375 Å². The fourth-order valence-corrected chi connectivity index (χ4v) is 17.9. The van der Waals surface area contributed by atoms with Crippen LogP contribution in [0.25, 0.3) is 204 Å². The largest absolute Gasteiger partial charge is 0.455 e. The SMILES string of the molecule is Cn1c2ccc(-c3ccc4c(c3)c3ccccc3n4-c3ccccc3)cc2c2cc(-c3cccc4c3oc3ccccc34)ccc21.Cn1c2ccc(-c3ccccc3)cc2c2cc3c(cc21)C(C)(C)c1ccccc1-3.Cn1c2ccccc2c2cc(-c3ccc(-c4cccc5c4oc4ccccc45)cc3)ccc21. The van der Waals surface area contributed by atoms with Gasteiger partial charge < -0.3 is 27.1 Å². The topological polar surface area (TPSA) is 46.0 Å². The van der Waals surface area contributed by atoms with Crippen molar-refractivity contribution in [3.63, 3.8) is 0 Å². The van der Waals surface area contributed by atoms with Crippen molar-refractivity contribution in [3.8, 4) is 72.4 Å². The fourth-order valence-electron chi connectivity index (χ4n) is 17.9. The Morgan fingerprint density at radius 3 is 1.15 bits per heavy atom. The Morgan fingerprint density at radius 1 is 0.213 bits per heavy atom. The molecule has 1 aliphatic rings. The van der Waals surface area contributed by atoms with Crippen molar-refractivity contribution >= 4 is 131 Å². The Bertz CT molecular complexity index is 7420. The fraction of sp³-hybridized carbons (Fsp3) is 0.0588. The number of nitrogens with zero attached hydrogens (tertiary/aromatic N) is 4. The van der Waals surface area contributed by atoms with Gasteiger partial charge in [0.25, 0.3) is 0 Å². The molecule has 0 radical (unpaired) electrons. The molecule has 0 amide bonds. The van der Waals surface area contributed by atoms with Gasteiger partial charge in [0, 0.05) is 141 Å². The summed E-state index contributed by atoms with van der Waals surface area (Å²) < 4.78 is 21.9. The summed E-state index contributed by atoms with van der Waals surface area (Å²) in [5.74, 6) is 0. The summed E-state index contributed by atoms with van der Waals surface area (Å²) in [6.45, 7) is 4.69.